The maximum Gasteiger partial charge on any atom is 0.0700 e. The van der Waals surface area contributed by atoms with Crippen molar-refractivity contribution in [3.05, 3.63) is 0 Å². The van der Waals surface area contributed by atoms with E-state index in [1.807, 2.05) is 0 Å². The normalized spacial score (nSPS) is 29.3. The summed E-state index contributed by atoms with van der Waals surface area (Å²) in [5.41, 5.74) is 0.429. The van der Waals surface area contributed by atoms with Crippen LogP contribution in [0.1, 0.15) is 51.9 Å². The van der Waals surface area contributed by atoms with Gasteiger partial charge in [0.2, 0.25) is 0 Å². The van der Waals surface area contributed by atoms with E-state index in [0.29, 0.717) is 11.6 Å². The number of morpholine rings is 1. The van der Waals surface area contributed by atoms with E-state index in [2.05, 4.69) is 24.2 Å². The van der Waals surface area contributed by atoms with Crippen LogP contribution in [0, 0.1) is 0 Å². The van der Waals surface area contributed by atoms with Crippen LogP contribution in [0.4, 0.5) is 0 Å². The van der Waals surface area contributed by atoms with Gasteiger partial charge in [-0.2, -0.15) is 0 Å². The third-order valence-electron chi connectivity index (χ3n) is 4.93. The van der Waals surface area contributed by atoms with Gasteiger partial charge in [0, 0.05) is 25.2 Å². The highest BCUT2D eigenvalue weighted by Crippen LogP contribution is 2.31. The molecule has 0 aromatic heterocycles. The number of nitrogens with one attached hydrogen (secondary N) is 1. The fourth-order valence-corrected chi connectivity index (χ4v) is 3.46. The largest absolute Gasteiger partial charge is 0.376 e. The van der Waals surface area contributed by atoms with Crippen LogP contribution in [0.3, 0.4) is 0 Å². The van der Waals surface area contributed by atoms with E-state index in [0.717, 1.165) is 26.1 Å². The van der Waals surface area contributed by atoms with Gasteiger partial charge in [-0.05, 0) is 32.7 Å². The molecular weight excluding hydrogens is 224 g/mol. The Morgan fingerprint density at radius 2 is 2.06 bits per heavy atom. The summed E-state index contributed by atoms with van der Waals surface area (Å²) < 4.78 is 5.74. The van der Waals surface area contributed by atoms with Gasteiger partial charge in [-0.25, -0.2) is 0 Å². The lowest BCUT2D eigenvalue weighted by atomic mass is 9.79. The lowest BCUT2D eigenvalue weighted by molar-refractivity contribution is -0.0325. The second kappa shape index (κ2) is 6.88. The van der Waals surface area contributed by atoms with Crippen LogP contribution in [-0.2, 0) is 4.74 Å². The Balaban J connectivity index is 1.78. The molecule has 0 aromatic rings. The summed E-state index contributed by atoms with van der Waals surface area (Å²) in [6.45, 7) is 6.64. The molecule has 3 nitrogen and oxygen atoms in total. The Hall–Kier alpha value is -0.120. The molecule has 2 rings (SSSR count). The van der Waals surface area contributed by atoms with Gasteiger partial charge in [-0.1, -0.05) is 26.2 Å². The van der Waals surface area contributed by atoms with E-state index in [9.17, 15) is 0 Å². The van der Waals surface area contributed by atoms with Crippen molar-refractivity contribution in [2.45, 2.75) is 63.5 Å². The van der Waals surface area contributed by atoms with E-state index in [-0.39, 0.29) is 0 Å². The summed E-state index contributed by atoms with van der Waals surface area (Å²) in [6, 6.07) is 0. The first-order valence-corrected chi connectivity index (χ1v) is 7.81. The first-order valence-electron chi connectivity index (χ1n) is 7.81. The number of hydrogen-bond donors (Lipinski definition) is 1. The molecule has 3 heteroatoms. The number of nitrogens with zero attached hydrogens (tertiary/aromatic N) is 1. The minimum absolute atomic E-state index is 0.429. The van der Waals surface area contributed by atoms with Crippen molar-refractivity contribution in [3.8, 4) is 0 Å². The van der Waals surface area contributed by atoms with Gasteiger partial charge in [-0.15, -0.1) is 0 Å². The minimum Gasteiger partial charge on any atom is -0.376 e. The first-order chi connectivity index (χ1) is 8.78. The highest BCUT2D eigenvalue weighted by molar-refractivity contribution is 4.90. The summed E-state index contributed by atoms with van der Waals surface area (Å²) in [5, 5.41) is 3.62. The number of rotatable bonds is 5. The Kier molecular flexibility index (Phi) is 5.46. The number of ether oxygens (including phenoxy) is 1. The standard InChI is InChI=1S/C15H30N2O/c1-3-14-13-17(11-12-18-14)10-9-15(16-2)7-5-4-6-8-15/h14,16H,3-13H2,1-2H3. The molecule has 0 spiro atoms. The Labute approximate surface area is 112 Å². The lowest BCUT2D eigenvalue weighted by Gasteiger charge is -2.40. The first kappa shape index (κ1) is 14.3. The van der Waals surface area contributed by atoms with Crippen LogP contribution < -0.4 is 5.32 Å². The summed E-state index contributed by atoms with van der Waals surface area (Å²) >= 11 is 0. The summed E-state index contributed by atoms with van der Waals surface area (Å²) in [5.74, 6) is 0. The molecule has 1 N–H and O–H groups in total. The molecule has 0 aromatic carbocycles. The second-order valence-electron chi connectivity index (χ2n) is 6.04. The zero-order valence-electron chi connectivity index (χ0n) is 12.2. The van der Waals surface area contributed by atoms with Crippen molar-refractivity contribution in [2.75, 3.05) is 33.3 Å². The van der Waals surface area contributed by atoms with Crippen LogP contribution in [0.15, 0.2) is 0 Å². The van der Waals surface area contributed by atoms with Gasteiger partial charge in [0.05, 0.1) is 12.7 Å². The highest BCUT2D eigenvalue weighted by atomic mass is 16.5. The molecule has 0 amide bonds. The number of hydrogen-bond acceptors (Lipinski definition) is 3. The van der Waals surface area contributed by atoms with Crippen molar-refractivity contribution >= 4 is 0 Å². The summed E-state index contributed by atoms with van der Waals surface area (Å²) in [6.07, 6.45) is 9.89. The molecule has 0 bridgehead atoms. The Morgan fingerprint density at radius 1 is 1.28 bits per heavy atom. The maximum atomic E-state index is 5.74. The molecule has 2 fully saturated rings. The summed E-state index contributed by atoms with van der Waals surface area (Å²) in [7, 11) is 2.15. The third-order valence-corrected chi connectivity index (χ3v) is 4.93. The van der Waals surface area contributed by atoms with Gasteiger partial charge >= 0.3 is 0 Å². The van der Waals surface area contributed by atoms with Crippen LogP contribution in [0.5, 0.6) is 0 Å². The predicted molar refractivity (Wildman–Crippen MR) is 76.0 cm³/mol. The molecule has 1 aliphatic heterocycles. The topological polar surface area (TPSA) is 24.5 Å². The zero-order valence-corrected chi connectivity index (χ0v) is 12.2. The molecule has 106 valence electrons. The van der Waals surface area contributed by atoms with E-state index < -0.39 is 0 Å². The zero-order chi connectivity index (χ0) is 12.8. The van der Waals surface area contributed by atoms with Crippen molar-refractivity contribution < 1.29 is 4.74 Å². The van der Waals surface area contributed by atoms with Crippen LogP contribution >= 0.6 is 0 Å². The smallest absolute Gasteiger partial charge is 0.0700 e. The fraction of sp³-hybridized carbons (Fsp3) is 1.00. The highest BCUT2D eigenvalue weighted by Gasteiger charge is 2.31. The molecule has 1 saturated carbocycles. The van der Waals surface area contributed by atoms with Crippen molar-refractivity contribution in [1.82, 2.24) is 10.2 Å². The second-order valence-corrected chi connectivity index (χ2v) is 6.04. The van der Waals surface area contributed by atoms with Crippen molar-refractivity contribution in [1.29, 1.82) is 0 Å². The van der Waals surface area contributed by atoms with Crippen LogP contribution in [0.25, 0.3) is 0 Å². The Bertz CT molecular complexity index is 239. The molecule has 0 radical (unpaired) electrons. The van der Waals surface area contributed by atoms with E-state index in [1.165, 1.54) is 45.1 Å². The molecule has 1 heterocycles. The molecule has 18 heavy (non-hydrogen) atoms. The lowest BCUT2D eigenvalue weighted by Crippen LogP contribution is -2.49. The summed E-state index contributed by atoms with van der Waals surface area (Å²) in [4.78, 5) is 2.60. The average Bonchev–Trinajstić information content (AvgIpc) is 2.46. The minimum atomic E-state index is 0.429. The fourth-order valence-electron chi connectivity index (χ4n) is 3.46. The monoisotopic (exact) mass is 254 g/mol. The van der Waals surface area contributed by atoms with Gasteiger partial charge in [-0.3, -0.25) is 4.90 Å². The van der Waals surface area contributed by atoms with Gasteiger partial charge < -0.3 is 10.1 Å². The van der Waals surface area contributed by atoms with E-state index in [1.54, 1.807) is 0 Å². The third kappa shape index (κ3) is 3.69. The van der Waals surface area contributed by atoms with Crippen LogP contribution in [0.2, 0.25) is 0 Å². The maximum absolute atomic E-state index is 5.74. The van der Waals surface area contributed by atoms with E-state index in [4.69, 9.17) is 4.74 Å². The molecule has 2 aliphatic rings. The molecule has 1 unspecified atom stereocenters. The Morgan fingerprint density at radius 3 is 2.72 bits per heavy atom. The average molecular weight is 254 g/mol. The molecule has 1 atom stereocenters. The van der Waals surface area contributed by atoms with Gasteiger partial charge in [0.15, 0.2) is 0 Å². The van der Waals surface area contributed by atoms with Gasteiger partial charge in [0.1, 0.15) is 0 Å². The van der Waals surface area contributed by atoms with Crippen molar-refractivity contribution in [3.63, 3.8) is 0 Å². The van der Waals surface area contributed by atoms with Gasteiger partial charge in [0.25, 0.3) is 0 Å². The van der Waals surface area contributed by atoms with E-state index >= 15 is 0 Å². The SMILES string of the molecule is CCC1CN(CCC2(NC)CCCCC2)CCO1. The predicted octanol–water partition coefficient (Wildman–Crippen LogP) is 2.41. The van der Waals surface area contributed by atoms with Crippen molar-refractivity contribution in [2.24, 2.45) is 0 Å². The molecule has 1 saturated heterocycles. The quantitative estimate of drug-likeness (QED) is 0.815. The molecular formula is C15H30N2O. The molecule has 1 aliphatic carbocycles. The van der Waals surface area contributed by atoms with Crippen LogP contribution in [-0.4, -0.2) is 49.8 Å².